The van der Waals surface area contributed by atoms with E-state index in [2.05, 4.69) is 4.98 Å². The molecule has 0 aliphatic heterocycles. The van der Waals surface area contributed by atoms with Crippen LogP contribution < -0.4 is 0 Å². The first-order valence-electron chi connectivity index (χ1n) is 5.58. The molecule has 0 saturated heterocycles. The van der Waals surface area contributed by atoms with Crippen LogP contribution in [-0.4, -0.2) is 16.6 Å². The lowest BCUT2D eigenvalue weighted by atomic mass is 10.1. The van der Waals surface area contributed by atoms with E-state index < -0.39 is 5.60 Å². The number of ether oxygens (including phenoxy) is 1. The van der Waals surface area contributed by atoms with Crippen LogP contribution >= 0.6 is 11.6 Å². The minimum atomic E-state index is -0.489. The summed E-state index contributed by atoms with van der Waals surface area (Å²) in [5.74, 6) is -0.289. The molecule has 0 saturated carbocycles. The Balaban J connectivity index is 2.62. The van der Waals surface area contributed by atoms with E-state index in [0.29, 0.717) is 17.1 Å². The number of carbonyl (C=O) groups is 1. The van der Waals surface area contributed by atoms with E-state index >= 15 is 0 Å². The SMILES string of the molecule is CC(C)(C)OC(=O)CCc1cc(Cl)cc(C#N)n1. The Hall–Kier alpha value is -1.60. The summed E-state index contributed by atoms with van der Waals surface area (Å²) < 4.78 is 5.18. The third kappa shape index (κ3) is 5.15. The summed E-state index contributed by atoms with van der Waals surface area (Å²) >= 11 is 5.84. The van der Waals surface area contributed by atoms with Gasteiger partial charge >= 0.3 is 5.97 Å². The summed E-state index contributed by atoms with van der Waals surface area (Å²) in [5.41, 5.74) is 0.378. The lowest BCUT2D eigenvalue weighted by molar-refractivity contribution is -0.154. The van der Waals surface area contributed by atoms with Gasteiger partial charge in [0.2, 0.25) is 0 Å². The Morgan fingerprint density at radius 1 is 1.50 bits per heavy atom. The van der Waals surface area contributed by atoms with E-state index in [4.69, 9.17) is 21.6 Å². The van der Waals surface area contributed by atoms with Crippen LogP contribution in [0.5, 0.6) is 0 Å². The zero-order chi connectivity index (χ0) is 13.8. The van der Waals surface area contributed by atoms with Gasteiger partial charge in [0.15, 0.2) is 0 Å². The molecule has 1 heterocycles. The maximum absolute atomic E-state index is 11.5. The van der Waals surface area contributed by atoms with Crippen molar-refractivity contribution in [2.75, 3.05) is 0 Å². The van der Waals surface area contributed by atoms with Crippen LogP contribution in [0.4, 0.5) is 0 Å². The monoisotopic (exact) mass is 266 g/mol. The minimum absolute atomic E-state index is 0.218. The van der Waals surface area contributed by atoms with Gasteiger partial charge in [0.25, 0.3) is 0 Å². The second kappa shape index (κ2) is 5.83. The standard InChI is InChI=1S/C13H15ClN2O2/c1-13(2,3)18-12(17)5-4-10-6-9(14)7-11(8-15)16-10/h6-7H,4-5H2,1-3H3. The highest BCUT2D eigenvalue weighted by Crippen LogP contribution is 2.14. The highest BCUT2D eigenvalue weighted by molar-refractivity contribution is 6.30. The largest absolute Gasteiger partial charge is 0.460 e. The molecule has 96 valence electrons. The normalized spacial score (nSPS) is 10.8. The number of rotatable bonds is 3. The van der Waals surface area contributed by atoms with Gasteiger partial charge < -0.3 is 4.74 Å². The van der Waals surface area contributed by atoms with Crippen LogP contribution in [0, 0.1) is 11.3 Å². The Bertz CT molecular complexity index is 487. The molecular weight excluding hydrogens is 252 g/mol. The lowest BCUT2D eigenvalue weighted by Crippen LogP contribution is -2.24. The number of nitrogens with zero attached hydrogens (tertiary/aromatic N) is 2. The Morgan fingerprint density at radius 3 is 2.72 bits per heavy atom. The van der Waals surface area contributed by atoms with Gasteiger partial charge in [-0.1, -0.05) is 11.6 Å². The van der Waals surface area contributed by atoms with Crippen LogP contribution in [0.2, 0.25) is 5.02 Å². The lowest BCUT2D eigenvalue weighted by Gasteiger charge is -2.19. The molecule has 0 spiro atoms. The van der Waals surface area contributed by atoms with Crippen LogP contribution in [0.3, 0.4) is 0 Å². The third-order valence-corrected chi connectivity index (χ3v) is 2.18. The van der Waals surface area contributed by atoms with Crippen molar-refractivity contribution in [2.45, 2.75) is 39.2 Å². The van der Waals surface area contributed by atoms with Gasteiger partial charge in [0.1, 0.15) is 17.4 Å². The zero-order valence-electron chi connectivity index (χ0n) is 10.7. The molecule has 0 N–H and O–H groups in total. The molecule has 1 aromatic heterocycles. The number of aryl methyl sites for hydroxylation is 1. The van der Waals surface area contributed by atoms with E-state index in [1.807, 2.05) is 26.8 Å². The quantitative estimate of drug-likeness (QED) is 0.789. The van der Waals surface area contributed by atoms with Crippen LogP contribution in [0.1, 0.15) is 38.6 Å². The summed E-state index contributed by atoms with van der Waals surface area (Å²) in [7, 11) is 0. The number of carbonyl (C=O) groups excluding carboxylic acids is 1. The van der Waals surface area contributed by atoms with Gasteiger partial charge in [-0.25, -0.2) is 4.98 Å². The Kier molecular flexibility index (Phi) is 4.69. The van der Waals surface area contributed by atoms with E-state index in [1.165, 1.54) is 6.07 Å². The highest BCUT2D eigenvalue weighted by atomic mass is 35.5. The smallest absolute Gasteiger partial charge is 0.306 e. The van der Waals surface area contributed by atoms with Crippen molar-refractivity contribution in [1.82, 2.24) is 4.98 Å². The molecule has 0 fully saturated rings. The molecule has 0 unspecified atom stereocenters. The van der Waals surface area contributed by atoms with E-state index in [0.717, 1.165) is 0 Å². The average molecular weight is 267 g/mol. The number of aromatic nitrogens is 1. The first-order chi connectivity index (χ1) is 8.30. The van der Waals surface area contributed by atoms with Crippen molar-refractivity contribution in [3.05, 3.63) is 28.5 Å². The number of nitriles is 1. The van der Waals surface area contributed by atoms with Gasteiger partial charge in [-0.05, 0) is 32.9 Å². The number of hydrogen-bond donors (Lipinski definition) is 0. The van der Waals surface area contributed by atoms with Crippen molar-refractivity contribution in [2.24, 2.45) is 0 Å². The van der Waals surface area contributed by atoms with Crippen LogP contribution in [-0.2, 0) is 16.0 Å². The fourth-order valence-electron chi connectivity index (χ4n) is 1.36. The van der Waals surface area contributed by atoms with Crippen molar-refractivity contribution in [3.63, 3.8) is 0 Å². The summed E-state index contributed by atoms with van der Waals surface area (Å²) in [6.45, 7) is 5.45. The fourth-order valence-corrected chi connectivity index (χ4v) is 1.59. The van der Waals surface area contributed by atoms with E-state index in [9.17, 15) is 4.79 Å². The number of hydrogen-bond acceptors (Lipinski definition) is 4. The summed E-state index contributed by atoms with van der Waals surface area (Å²) in [6, 6.07) is 5.05. The highest BCUT2D eigenvalue weighted by Gasteiger charge is 2.16. The number of halogens is 1. The molecule has 0 atom stereocenters. The molecular formula is C13H15ClN2O2. The number of pyridine rings is 1. The molecule has 0 aliphatic carbocycles. The molecule has 18 heavy (non-hydrogen) atoms. The maximum Gasteiger partial charge on any atom is 0.306 e. The molecule has 1 rings (SSSR count). The van der Waals surface area contributed by atoms with E-state index in [1.54, 1.807) is 6.07 Å². The van der Waals surface area contributed by atoms with E-state index in [-0.39, 0.29) is 18.1 Å². The Morgan fingerprint density at radius 2 is 2.17 bits per heavy atom. The van der Waals surface area contributed by atoms with Gasteiger partial charge in [0, 0.05) is 17.1 Å². The summed E-state index contributed by atoms with van der Waals surface area (Å²) in [5, 5.41) is 9.20. The minimum Gasteiger partial charge on any atom is -0.460 e. The van der Waals surface area contributed by atoms with Crippen molar-refractivity contribution >= 4 is 17.6 Å². The number of esters is 1. The molecule has 4 nitrogen and oxygen atoms in total. The van der Waals surface area contributed by atoms with Gasteiger partial charge in [0.05, 0.1) is 6.42 Å². The van der Waals surface area contributed by atoms with Crippen molar-refractivity contribution in [1.29, 1.82) is 5.26 Å². The predicted molar refractivity (Wildman–Crippen MR) is 68.1 cm³/mol. The molecule has 5 heteroatoms. The summed E-state index contributed by atoms with van der Waals surface area (Å²) in [4.78, 5) is 15.6. The average Bonchev–Trinajstić information content (AvgIpc) is 2.23. The summed E-state index contributed by atoms with van der Waals surface area (Å²) in [6.07, 6.45) is 0.625. The van der Waals surface area contributed by atoms with Crippen LogP contribution in [0.25, 0.3) is 0 Å². The second-order valence-electron chi connectivity index (χ2n) is 4.86. The fraction of sp³-hybridized carbons (Fsp3) is 0.462. The van der Waals surface area contributed by atoms with Gasteiger partial charge in [-0.15, -0.1) is 0 Å². The first-order valence-corrected chi connectivity index (χ1v) is 5.96. The first kappa shape index (κ1) is 14.5. The molecule has 1 aromatic rings. The molecule has 0 bridgehead atoms. The van der Waals surface area contributed by atoms with Crippen LogP contribution in [0.15, 0.2) is 12.1 Å². The van der Waals surface area contributed by atoms with Crippen molar-refractivity contribution < 1.29 is 9.53 Å². The Labute approximate surface area is 112 Å². The topological polar surface area (TPSA) is 63.0 Å². The molecule has 0 amide bonds. The molecule has 0 aliphatic rings. The second-order valence-corrected chi connectivity index (χ2v) is 5.30. The predicted octanol–water partition coefficient (Wildman–Crippen LogP) is 2.88. The van der Waals surface area contributed by atoms with Gasteiger partial charge in [-0.2, -0.15) is 5.26 Å². The molecule has 0 radical (unpaired) electrons. The van der Waals surface area contributed by atoms with Gasteiger partial charge in [-0.3, -0.25) is 4.79 Å². The maximum atomic E-state index is 11.5. The third-order valence-electron chi connectivity index (χ3n) is 1.96. The zero-order valence-corrected chi connectivity index (χ0v) is 11.4. The van der Waals surface area contributed by atoms with Crippen molar-refractivity contribution in [3.8, 4) is 6.07 Å². The molecule has 0 aromatic carbocycles.